The predicted octanol–water partition coefficient (Wildman–Crippen LogP) is 4.36. The highest BCUT2D eigenvalue weighted by Gasteiger charge is 2.22. The molecule has 0 radical (unpaired) electrons. The number of amides is 1. The van der Waals surface area contributed by atoms with E-state index in [4.69, 9.17) is 6.42 Å². The van der Waals surface area contributed by atoms with Crippen LogP contribution in [-0.2, 0) is 6.54 Å². The van der Waals surface area contributed by atoms with Gasteiger partial charge >= 0.3 is 0 Å². The molecule has 1 fully saturated rings. The molecule has 1 aromatic heterocycles. The third-order valence-electron chi connectivity index (χ3n) is 5.00. The number of para-hydroxylation sites is 1. The lowest BCUT2D eigenvalue weighted by Gasteiger charge is -2.22. The van der Waals surface area contributed by atoms with Gasteiger partial charge in [0, 0.05) is 23.6 Å². The normalized spacial score (nSPS) is 16.0. The summed E-state index contributed by atoms with van der Waals surface area (Å²) in [5, 5.41) is 3.94. The molecule has 126 valence electrons. The number of nitrogens with zero attached hydrogens (tertiary/aromatic N) is 1. The van der Waals surface area contributed by atoms with Gasteiger partial charge in [0.15, 0.2) is 0 Å². The molecule has 1 aliphatic rings. The molecule has 1 saturated carbocycles. The molecule has 24 heavy (non-hydrogen) atoms. The molecule has 1 N–H and O–H groups in total. The van der Waals surface area contributed by atoms with Crippen LogP contribution in [0.25, 0.3) is 10.9 Å². The fourth-order valence-corrected chi connectivity index (χ4v) is 3.61. The highest BCUT2D eigenvalue weighted by Crippen LogP contribution is 2.28. The molecule has 1 aromatic carbocycles. The van der Waals surface area contributed by atoms with Crippen molar-refractivity contribution in [2.75, 3.05) is 0 Å². The summed E-state index contributed by atoms with van der Waals surface area (Å²) in [7, 11) is 0. The van der Waals surface area contributed by atoms with Crippen molar-refractivity contribution in [1.29, 1.82) is 0 Å². The molecule has 1 aliphatic carbocycles. The fraction of sp³-hybridized carbons (Fsp3) is 0.476. The van der Waals surface area contributed by atoms with E-state index in [1.54, 1.807) is 0 Å². The molecule has 1 heterocycles. The number of hydrogen-bond donors (Lipinski definition) is 1. The molecule has 0 bridgehead atoms. The van der Waals surface area contributed by atoms with Crippen molar-refractivity contribution in [3.8, 4) is 12.3 Å². The Bertz CT molecular complexity index is 773. The number of benzene rings is 1. The molecule has 1 amide bonds. The quantitative estimate of drug-likeness (QED) is 0.834. The third-order valence-corrected chi connectivity index (χ3v) is 5.00. The Morgan fingerprint density at radius 1 is 1.29 bits per heavy atom. The second-order valence-electron chi connectivity index (χ2n) is 7.44. The minimum absolute atomic E-state index is 0.100. The number of hydrogen-bond acceptors (Lipinski definition) is 1. The zero-order valence-electron chi connectivity index (χ0n) is 14.6. The summed E-state index contributed by atoms with van der Waals surface area (Å²) in [5.41, 5.74) is 1.19. The summed E-state index contributed by atoms with van der Waals surface area (Å²) in [6.07, 6.45) is 14.1. The molecular weight excluding hydrogens is 296 g/mol. The minimum atomic E-state index is -0.649. The van der Waals surface area contributed by atoms with Gasteiger partial charge in [-0.25, -0.2) is 0 Å². The van der Waals surface area contributed by atoms with Crippen LogP contribution < -0.4 is 5.32 Å². The van der Waals surface area contributed by atoms with Crippen LogP contribution in [0.3, 0.4) is 0 Å². The number of rotatable bonds is 4. The van der Waals surface area contributed by atoms with Crippen molar-refractivity contribution < 1.29 is 4.79 Å². The van der Waals surface area contributed by atoms with Crippen molar-refractivity contribution >= 4 is 16.8 Å². The fourth-order valence-electron chi connectivity index (χ4n) is 3.61. The van der Waals surface area contributed by atoms with E-state index in [9.17, 15) is 4.79 Å². The summed E-state index contributed by atoms with van der Waals surface area (Å²) in [4.78, 5) is 12.7. The number of carbonyl (C=O) groups is 1. The summed E-state index contributed by atoms with van der Waals surface area (Å²) < 4.78 is 2.25. The van der Waals surface area contributed by atoms with Gasteiger partial charge < -0.3 is 9.88 Å². The topological polar surface area (TPSA) is 34.0 Å². The molecule has 0 spiro atoms. The highest BCUT2D eigenvalue weighted by molar-refractivity contribution is 6.07. The van der Waals surface area contributed by atoms with Crippen LogP contribution >= 0.6 is 0 Å². The maximum Gasteiger partial charge on any atom is 0.254 e. The SMILES string of the molecule is C#CC(C)(C)NC(=O)c1cn(CC2CCCCC2)c2ccccc12. The minimum Gasteiger partial charge on any atom is -0.346 e. The van der Waals surface area contributed by atoms with Crippen LogP contribution in [0.1, 0.15) is 56.3 Å². The molecule has 3 rings (SSSR count). The van der Waals surface area contributed by atoms with E-state index in [2.05, 4.69) is 21.9 Å². The molecule has 0 atom stereocenters. The summed E-state index contributed by atoms with van der Waals surface area (Å²) in [5.74, 6) is 3.24. The third kappa shape index (κ3) is 3.48. The van der Waals surface area contributed by atoms with Crippen molar-refractivity contribution in [1.82, 2.24) is 9.88 Å². The van der Waals surface area contributed by atoms with Gasteiger partial charge in [-0.3, -0.25) is 4.79 Å². The Morgan fingerprint density at radius 2 is 2.00 bits per heavy atom. The van der Waals surface area contributed by atoms with Gasteiger partial charge in [0.05, 0.1) is 11.1 Å². The highest BCUT2D eigenvalue weighted by atomic mass is 16.1. The molecule has 3 nitrogen and oxygen atoms in total. The van der Waals surface area contributed by atoms with Crippen molar-refractivity contribution in [2.24, 2.45) is 5.92 Å². The standard InChI is InChI=1S/C21H26N2O/c1-4-21(2,3)22-20(24)18-15-23(14-16-10-6-5-7-11-16)19-13-9-8-12-17(18)19/h1,8-9,12-13,15-16H,5-7,10-11,14H2,2-3H3,(H,22,24). The van der Waals surface area contributed by atoms with Crippen LogP contribution in [0, 0.1) is 18.3 Å². The second-order valence-corrected chi connectivity index (χ2v) is 7.44. The first kappa shape index (κ1) is 16.6. The van der Waals surface area contributed by atoms with Gasteiger partial charge in [-0.2, -0.15) is 0 Å². The number of nitrogens with one attached hydrogen (secondary N) is 1. The monoisotopic (exact) mass is 322 g/mol. The Balaban J connectivity index is 1.91. The first-order chi connectivity index (χ1) is 11.5. The van der Waals surface area contributed by atoms with Gasteiger partial charge in [-0.05, 0) is 38.7 Å². The second kappa shape index (κ2) is 6.73. The molecule has 3 heteroatoms. The van der Waals surface area contributed by atoms with E-state index >= 15 is 0 Å². The van der Waals surface area contributed by atoms with E-state index in [-0.39, 0.29) is 5.91 Å². The number of terminal acetylenes is 1. The number of fused-ring (bicyclic) bond motifs is 1. The first-order valence-corrected chi connectivity index (χ1v) is 8.88. The van der Waals surface area contributed by atoms with Crippen LogP contribution in [0.4, 0.5) is 0 Å². The lowest BCUT2D eigenvalue weighted by atomic mass is 9.89. The maximum atomic E-state index is 12.7. The average Bonchev–Trinajstić information content (AvgIpc) is 2.94. The number of carbonyl (C=O) groups excluding carboxylic acids is 1. The predicted molar refractivity (Wildman–Crippen MR) is 98.9 cm³/mol. The van der Waals surface area contributed by atoms with Crippen molar-refractivity contribution in [3.05, 3.63) is 36.0 Å². The molecule has 0 aliphatic heterocycles. The molecule has 0 saturated heterocycles. The van der Waals surface area contributed by atoms with Gasteiger partial charge in [0.25, 0.3) is 5.91 Å². The Hall–Kier alpha value is -2.21. The maximum absolute atomic E-state index is 12.7. The van der Waals surface area contributed by atoms with Gasteiger partial charge in [-0.15, -0.1) is 6.42 Å². The average molecular weight is 322 g/mol. The van der Waals surface area contributed by atoms with Gasteiger partial charge in [-0.1, -0.05) is 43.4 Å². The molecule has 0 unspecified atom stereocenters. The number of aromatic nitrogens is 1. The van der Waals surface area contributed by atoms with E-state index in [0.29, 0.717) is 11.5 Å². The van der Waals surface area contributed by atoms with Crippen LogP contribution in [0.2, 0.25) is 0 Å². The van der Waals surface area contributed by atoms with Crippen molar-refractivity contribution in [3.63, 3.8) is 0 Å². The van der Waals surface area contributed by atoms with Gasteiger partial charge in [0.1, 0.15) is 0 Å². The zero-order chi connectivity index (χ0) is 17.2. The van der Waals surface area contributed by atoms with Crippen LogP contribution in [0.5, 0.6) is 0 Å². The van der Waals surface area contributed by atoms with E-state index in [1.807, 2.05) is 38.2 Å². The molecular formula is C21H26N2O. The van der Waals surface area contributed by atoms with E-state index in [1.165, 1.54) is 32.1 Å². The lowest BCUT2D eigenvalue weighted by molar-refractivity contribution is 0.0931. The lowest BCUT2D eigenvalue weighted by Crippen LogP contribution is -2.42. The van der Waals surface area contributed by atoms with E-state index in [0.717, 1.165) is 17.4 Å². The van der Waals surface area contributed by atoms with Crippen molar-refractivity contribution in [2.45, 2.75) is 58.0 Å². The van der Waals surface area contributed by atoms with E-state index < -0.39 is 5.54 Å². The Labute approximate surface area is 144 Å². The van der Waals surface area contributed by atoms with Crippen LogP contribution in [0.15, 0.2) is 30.5 Å². The summed E-state index contributed by atoms with van der Waals surface area (Å²) in [6.45, 7) is 4.67. The Morgan fingerprint density at radius 3 is 2.71 bits per heavy atom. The molecule has 2 aromatic rings. The first-order valence-electron chi connectivity index (χ1n) is 8.88. The smallest absolute Gasteiger partial charge is 0.254 e. The summed E-state index contributed by atoms with van der Waals surface area (Å²) >= 11 is 0. The van der Waals surface area contributed by atoms with Gasteiger partial charge in [0.2, 0.25) is 0 Å². The summed E-state index contributed by atoms with van der Waals surface area (Å²) in [6, 6.07) is 8.13. The largest absolute Gasteiger partial charge is 0.346 e. The Kier molecular flexibility index (Phi) is 4.66. The van der Waals surface area contributed by atoms with Crippen LogP contribution in [-0.4, -0.2) is 16.0 Å². The zero-order valence-corrected chi connectivity index (χ0v) is 14.6.